The van der Waals surface area contributed by atoms with Crippen LogP contribution in [0.4, 0.5) is 0 Å². The molecule has 24 heavy (non-hydrogen) atoms. The second-order valence-corrected chi connectivity index (χ2v) is 6.03. The highest BCUT2D eigenvalue weighted by molar-refractivity contribution is 5.91. The minimum atomic E-state index is -0.794. The third-order valence-corrected chi connectivity index (χ3v) is 4.60. The first-order valence-electron chi connectivity index (χ1n) is 7.66. The third kappa shape index (κ3) is 1.63. The van der Waals surface area contributed by atoms with Gasteiger partial charge in [-0.05, 0) is 24.3 Å². The van der Waals surface area contributed by atoms with E-state index in [1.807, 2.05) is 24.3 Å². The predicted octanol–water partition coefficient (Wildman–Crippen LogP) is 2.30. The minimum Gasteiger partial charge on any atom is -0.508 e. The van der Waals surface area contributed by atoms with Gasteiger partial charge in [-0.2, -0.15) is 0 Å². The highest BCUT2D eigenvalue weighted by atomic mass is 16.3. The lowest BCUT2D eigenvalue weighted by Crippen LogP contribution is -2.29. The third-order valence-electron chi connectivity index (χ3n) is 4.60. The monoisotopic (exact) mass is 319 g/mol. The van der Waals surface area contributed by atoms with Gasteiger partial charge in [0.15, 0.2) is 5.82 Å². The molecule has 1 aliphatic heterocycles. The molecule has 0 fully saturated rings. The molecule has 0 bridgehead atoms. The molecule has 0 radical (unpaired) electrons. The van der Waals surface area contributed by atoms with Crippen molar-refractivity contribution in [2.75, 3.05) is 0 Å². The van der Waals surface area contributed by atoms with E-state index in [4.69, 9.17) is 0 Å². The van der Waals surface area contributed by atoms with E-state index < -0.39 is 6.10 Å². The number of aromatic nitrogens is 3. The Morgan fingerprint density at radius 2 is 2.00 bits per heavy atom. The van der Waals surface area contributed by atoms with Gasteiger partial charge >= 0.3 is 0 Å². The van der Waals surface area contributed by atoms with Crippen molar-refractivity contribution in [3.05, 3.63) is 58.4 Å². The normalized spacial score (nSPS) is 16.3. The Morgan fingerprint density at radius 3 is 2.88 bits per heavy atom. The van der Waals surface area contributed by atoms with Gasteiger partial charge in [0, 0.05) is 16.5 Å². The molecule has 4 aromatic rings. The van der Waals surface area contributed by atoms with Crippen LogP contribution in [0.25, 0.3) is 33.3 Å². The number of aromatic amines is 1. The summed E-state index contributed by atoms with van der Waals surface area (Å²) >= 11 is 0. The number of rotatable bonds is 0. The van der Waals surface area contributed by atoms with Crippen LogP contribution in [0.5, 0.6) is 5.75 Å². The summed E-state index contributed by atoms with van der Waals surface area (Å²) in [6, 6.07) is 12.3. The lowest BCUT2D eigenvalue weighted by Gasteiger charge is -2.23. The largest absolute Gasteiger partial charge is 0.508 e. The Morgan fingerprint density at radius 1 is 1.17 bits per heavy atom. The molecular weight excluding hydrogens is 306 g/mol. The number of hydrogen-bond acceptors (Lipinski definition) is 4. The topological polar surface area (TPSA) is 91.1 Å². The number of phenolic OH excluding ortho intramolecular Hbond substituents is 1. The number of phenols is 1. The number of para-hydroxylation sites is 1. The number of aliphatic hydroxyl groups is 1. The van der Waals surface area contributed by atoms with Gasteiger partial charge in [0.1, 0.15) is 5.75 Å². The summed E-state index contributed by atoms with van der Waals surface area (Å²) in [4.78, 5) is 20.7. The molecule has 2 aromatic carbocycles. The van der Waals surface area contributed by atoms with Crippen molar-refractivity contribution in [2.45, 2.75) is 12.6 Å². The van der Waals surface area contributed by atoms with E-state index in [1.54, 1.807) is 6.07 Å². The zero-order valence-electron chi connectivity index (χ0n) is 12.5. The molecule has 0 aliphatic carbocycles. The molecule has 3 N–H and O–H groups in total. The van der Waals surface area contributed by atoms with Crippen LogP contribution < -0.4 is 5.56 Å². The van der Waals surface area contributed by atoms with E-state index >= 15 is 0 Å². The van der Waals surface area contributed by atoms with E-state index in [-0.39, 0.29) is 17.9 Å². The minimum absolute atomic E-state index is 0.0182. The smallest absolute Gasteiger partial charge is 0.261 e. The van der Waals surface area contributed by atoms with Crippen LogP contribution in [0.2, 0.25) is 0 Å². The Hall–Kier alpha value is -3.12. The van der Waals surface area contributed by atoms with Crippen LogP contribution in [0.15, 0.2) is 47.3 Å². The van der Waals surface area contributed by atoms with Crippen molar-refractivity contribution >= 4 is 21.8 Å². The van der Waals surface area contributed by atoms with Gasteiger partial charge in [-0.1, -0.05) is 18.2 Å². The van der Waals surface area contributed by atoms with Crippen molar-refractivity contribution in [3.8, 4) is 17.3 Å². The molecule has 0 amide bonds. The SMILES string of the molecule is O=c1c2cc(O)ccc2nc2n1CC(O)c1c-2[nH]c2ccccc12. The average Bonchev–Trinajstić information content (AvgIpc) is 2.97. The number of nitrogens with zero attached hydrogens (tertiary/aromatic N) is 2. The number of aliphatic hydroxyl groups excluding tert-OH is 1. The van der Waals surface area contributed by atoms with E-state index in [1.165, 1.54) is 16.7 Å². The maximum absolute atomic E-state index is 12.8. The summed E-state index contributed by atoms with van der Waals surface area (Å²) in [5.74, 6) is 0.527. The second kappa shape index (κ2) is 4.46. The zero-order chi connectivity index (χ0) is 16.4. The molecule has 6 nitrogen and oxygen atoms in total. The number of hydrogen-bond donors (Lipinski definition) is 3. The molecule has 3 heterocycles. The first-order chi connectivity index (χ1) is 11.6. The Balaban J connectivity index is 1.92. The fourth-order valence-electron chi connectivity index (χ4n) is 3.52. The van der Waals surface area contributed by atoms with Crippen LogP contribution in [0, 0.1) is 0 Å². The summed E-state index contributed by atoms with van der Waals surface area (Å²) in [6.07, 6.45) is -0.794. The highest BCUT2D eigenvalue weighted by Crippen LogP contribution is 2.38. The zero-order valence-corrected chi connectivity index (χ0v) is 12.5. The molecule has 0 spiro atoms. The van der Waals surface area contributed by atoms with Crippen LogP contribution in [-0.2, 0) is 6.54 Å². The fraction of sp³-hybridized carbons (Fsp3) is 0.111. The Labute approximate surface area is 135 Å². The van der Waals surface area contributed by atoms with Crippen LogP contribution in [0.3, 0.4) is 0 Å². The van der Waals surface area contributed by atoms with Gasteiger partial charge in [-0.25, -0.2) is 4.98 Å². The van der Waals surface area contributed by atoms with E-state index in [2.05, 4.69) is 9.97 Å². The summed E-state index contributed by atoms with van der Waals surface area (Å²) in [7, 11) is 0. The quantitative estimate of drug-likeness (QED) is 0.464. The van der Waals surface area contributed by atoms with Gasteiger partial charge < -0.3 is 15.2 Å². The lowest BCUT2D eigenvalue weighted by molar-refractivity contribution is 0.153. The molecule has 118 valence electrons. The number of benzene rings is 2. The lowest BCUT2D eigenvalue weighted by atomic mass is 10.0. The van der Waals surface area contributed by atoms with Crippen molar-refractivity contribution < 1.29 is 10.2 Å². The predicted molar refractivity (Wildman–Crippen MR) is 89.9 cm³/mol. The maximum Gasteiger partial charge on any atom is 0.261 e. The van der Waals surface area contributed by atoms with Crippen molar-refractivity contribution in [3.63, 3.8) is 0 Å². The molecule has 6 heteroatoms. The Bertz CT molecular complexity index is 1190. The van der Waals surface area contributed by atoms with Crippen LogP contribution >= 0.6 is 0 Å². The van der Waals surface area contributed by atoms with Gasteiger partial charge in [0.25, 0.3) is 5.56 Å². The highest BCUT2D eigenvalue weighted by Gasteiger charge is 2.29. The summed E-state index contributed by atoms with van der Waals surface area (Å²) in [5, 5.41) is 21.5. The molecule has 2 aromatic heterocycles. The van der Waals surface area contributed by atoms with Crippen molar-refractivity contribution in [1.29, 1.82) is 0 Å². The molecule has 0 saturated carbocycles. The van der Waals surface area contributed by atoms with Gasteiger partial charge in [-0.3, -0.25) is 9.36 Å². The van der Waals surface area contributed by atoms with Gasteiger partial charge in [0.05, 0.1) is 29.2 Å². The molecule has 1 aliphatic rings. The summed E-state index contributed by atoms with van der Waals surface area (Å²) in [6.45, 7) is 0.140. The molecule has 0 saturated heterocycles. The van der Waals surface area contributed by atoms with E-state index in [0.717, 1.165) is 16.5 Å². The fourth-order valence-corrected chi connectivity index (χ4v) is 3.52. The molecule has 1 unspecified atom stereocenters. The standard InChI is InChI=1S/C18H13N3O3/c22-9-5-6-13-11(7-9)18(24)21-8-14(23)15-10-3-1-2-4-12(10)19-16(15)17(21)20-13/h1-7,14,19,22-23H,8H2. The maximum atomic E-state index is 12.8. The van der Waals surface area contributed by atoms with Crippen molar-refractivity contribution in [1.82, 2.24) is 14.5 Å². The number of aromatic hydroxyl groups is 1. The van der Waals surface area contributed by atoms with Crippen LogP contribution in [0.1, 0.15) is 11.7 Å². The van der Waals surface area contributed by atoms with Gasteiger partial charge in [0.2, 0.25) is 0 Å². The van der Waals surface area contributed by atoms with Gasteiger partial charge in [-0.15, -0.1) is 0 Å². The first-order valence-corrected chi connectivity index (χ1v) is 7.66. The Kier molecular flexibility index (Phi) is 2.47. The first kappa shape index (κ1) is 13.3. The number of nitrogens with one attached hydrogen (secondary N) is 1. The average molecular weight is 319 g/mol. The second-order valence-electron chi connectivity index (χ2n) is 6.03. The number of fused-ring (bicyclic) bond motifs is 6. The van der Waals surface area contributed by atoms with Crippen molar-refractivity contribution in [2.24, 2.45) is 0 Å². The van der Waals surface area contributed by atoms with E-state index in [9.17, 15) is 15.0 Å². The molecule has 5 rings (SSSR count). The molecule has 1 atom stereocenters. The molecular formula is C18H13N3O3. The van der Waals surface area contributed by atoms with Crippen LogP contribution in [-0.4, -0.2) is 24.7 Å². The summed E-state index contributed by atoms with van der Waals surface area (Å²) in [5.41, 5.74) is 2.59. The summed E-state index contributed by atoms with van der Waals surface area (Å²) < 4.78 is 1.46. The van der Waals surface area contributed by atoms with E-state index in [0.29, 0.717) is 22.4 Å². The number of H-pyrrole nitrogens is 1.